The van der Waals surface area contributed by atoms with E-state index in [9.17, 15) is 8.42 Å². The standard InChI is InChI=1S/C8H17N.C6H15N.C6H6O4S/c1-9(2)8-6-4-3-5-7-8;1-4-7(5-2)6-3;7-5-3-1-2-4-6(5)11(8,9)10/h8H,3-7H2,1-2H3;4-6H2,1-3H3;1-4,7H,(H,8,9,10). The predicted octanol–water partition coefficient (Wildman–Crippen LogP) is 3.87. The smallest absolute Gasteiger partial charge is 0.298 e. The zero-order chi connectivity index (χ0) is 20.9. The molecule has 1 saturated carbocycles. The van der Waals surface area contributed by atoms with Gasteiger partial charge in [0.25, 0.3) is 10.1 Å². The predicted molar refractivity (Wildman–Crippen MR) is 112 cm³/mol. The average molecular weight is 403 g/mol. The number of phenols is 1. The van der Waals surface area contributed by atoms with Crippen LogP contribution in [0.4, 0.5) is 0 Å². The summed E-state index contributed by atoms with van der Waals surface area (Å²) in [5.74, 6) is -0.449. The maximum absolute atomic E-state index is 10.4. The molecule has 1 fully saturated rings. The largest absolute Gasteiger partial charge is 0.506 e. The highest BCUT2D eigenvalue weighted by Gasteiger charge is 2.14. The van der Waals surface area contributed by atoms with Crippen molar-refractivity contribution in [2.75, 3.05) is 33.7 Å². The molecule has 6 nitrogen and oxygen atoms in total. The Labute approximate surface area is 165 Å². The van der Waals surface area contributed by atoms with Crippen molar-refractivity contribution in [2.24, 2.45) is 0 Å². The number of phenolic OH excluding ortho intramolecular Hbond substituents is 1. The Hall–Kier alpha value is -1.15. The topological polar surface area (TPSA) is 81.1 Å². The number of nitrogens with zero attached hydrogens (tertiary/aromatic N) is 2. The maximum atomic E-state index is 10.4. The zero-order valence-electron chi connectivity index (χ0n) is 17.6. The van der Waals surface area contributed by atoms with Gasteiger partial charge >= 0.3 is 0 Å². The Morgan fingerprint density at radius 2 is 1.44 bits per heavy atom. The van der Waals surface area contributed by atoms with E-state index in [-0.39, 0.29) is 0 Å². The molecule has 0 radical (unpaired) electrons. The molecule has 2 rings (SSSR count). The summed E-state index contributed by atoms with van der Waals surface area (Å²) in [4.78, 5) is 4.26. The van der Waals surface area contributed by atoms with Gasteiger partial charge in [-0.05, 0) is 58.7 Å². The summed E-state index contributed by atoms with van der Waals surface area (Å²) in [5.41, 5.74) is 0. The lowest BCUT2D eigenvalue weighted by atomic mass is 9.95. The molecular weight excluding hydrogens is 364 g/mol. The third kappa shape index (κ3) is 11.3. The summed E-state index contributed by atoms with van der Waals surface area (Å²) in [6, 6.07) is 6.06. The molecule has 0 spiro atoms. The lowest BCUT2D eigenvalue weighted by Gasteiger charge is -2.27. The molecule has 0 amide bonds. The summed E-state index contributed by atoms with van der Waals surface area (Å²) >= 11 is 0. The first-order valence-electron chi connectivity index (χ1n) is 9.81. The average Bonchev–Trinajstić information content (AvgIpc) is 2.64. The van der Waals surface area contributed by atoms with Gasteiger partial charge in [0, 0.05) is 6.04 Å². The molecule has 0 unspecified atom stereocenters. The van der Waals surface area contributed by atoms with E-state index >= 15 is 0 Å². The molecule has 0 aliphatic heterocycles. The molecule has 0 saturated heterocycles. The third-order valence-electron chi connectivity index (χ3n) is 4.79. The van der Waals surface area contributed by atoms with Gasteiger partial charge in [0.1, 0.15) is 10.6 Å². The quantitative estimate of drug-likeness (QED) is 0.728. The van der Waals surface area contributed by atoms with Crippen molar-refractivity contribution in [3.63, 3.8) is 0 Å². The zero-order valence-corrected chi connectivity index (χ0v) is 18.4. The Morgan fingerprint density at radius 1 is 0.963 bits per heavy atom. The molecule has 2 N–H and O–H groups in total. The summed E-state index contributed by atoms with van der Waals surface area (Å²) in [5, 5.41) is 8.91. The number of hydrogen-bond donors (Lipinski definition) is 2. The summed E-state index contributed by atoms with van der Waals surface area (Å²) in [6.45, 7) is 10.1. The van der Waals surface area contributed by atoms with E-state index in [1.54, 1.807) is 0 Å². The van der Waals surface area contributed by atoms with Crippen molar-refractivity contribution in [2.45, 2.75) is 63.8 Å². The van der Waals surface area contributed by atoms with Gasteiger partial charge in [-0.15, -0.1) is 0 Å². The first kappa shape index (κ1) is 25.9. The second-order valence-electron chi connectivity index (χ2n) is 6.82. The molecule has 0 atom stereocenters. The van der Waals surface area contributed by atoms with Crippen LogP contribution in [0, 0.1) is 0 Å². The minimum atomic E-state index is -4.28. The van der Waals surface area contributed by atoms with Gasteiger partial charge < -0.3 is 14.9 Å². The molecule has 7 heteroatoms. The molecule has 1 aliphatic rings. The first-order valence-corrected chi connectivity index (χ1v) is 11.3. The van der Waals surface area contributed by atoms with Crippen LogP contribution >= 0.6 is 0 Å². The molecular formula is C20H38N2O4S. The lowest BCUT2D eigenvalue weighted by molar-refractivity contribution is 0.229. The van der Waals surface area contributed by atoms with Crippen molar-refractivity contribution in [3.8, 4) is 5.75 Å². The molecule has 0 bridgehead atoms. The van der Waals surface area contributed by atoms with Crippen LogP contribution in [0.2, 0.25) is 0 Å². The molecule has 158 valence electrons. The van der Waals surface area contributed by atoms with E-state index in [1.165, 1.54) is 69.9 Å². The van der Waals surface area contributed by atoms with Crippen LogP contribution in [-0.2, 0) is 10.1 Å². The first-order chi connectivity index (χ1) is 12.7. The minimum Gasteiger partial charge on any atom is -0.506 e. The molecule has 1 aromatic carbocycles. The van der Waals surface area contributed by atoms with E-state index < -0.39 is 20.8 Å². The van der Waals surface area contributed by atoms with Crippen LogP contribution in [0.3, 0.4) is 0 Å². The van der Waals surface area contributed by atoms with Crippen molar-refractivity contribution in [3.05, 3.63) is 24.3 Å². The van der Waals surface area contributed by atoms with E-state index in [1.807, 2.05) is 0 Å². The van der Waals surface area contributed by atoms with Crippen LogP contribution in [-0.4, -0.2) is 67.6 Å². The fourth-order valence-corrected chi connectivity index (χ4v) is 3.53. The van der Waals surface area contributed by atoms with Gasteiger partial charge in [-0.2, -0.15) is 8.42 Å². The molecule has 1 aliphatic carbocycles. The van der Waals surface area contributed by atoms with Crippen LogP contribution in [0.25, 0.3) is 0 Å². The van der Waals surface area contributed by atoms with Crippen LogP contribution in [0.1, 0.15) is 52.9 Å². The molecule has 1 aromatic rings. The monoisotopic (exact) mass is 402 g/mol. The summed E-state index contributed by atoms with van der Waals surface area (Å²) in [6.07, 6.45) is 7.20. The second-order valence-corrected chi connectivity index (χ2v) is 8.21. The van der Waals surface area contributed by atoms with Gasteiger partial charge in [0.2, 0.25) is 0 Å². The van der Waals surface area contributed by atoms with Gasteiger partial charge in [-0.25, -0.2) is 0 Å². The van der Waals surface area contributed by atoms with Gasteiger partial charge in [0.05, 0.1) is 0 Å². The van der Waals surface area contributed by atoms with E-state index in [0.29, 0.717) is 0 Å². The fourth-order valence-electron chi connectivity index (χ4n) is 2.94. The Bertz CT molecular complexity index is 590. The van der Waals surface area contributed by atoms with Gasteiger partial charge in [-0.1, -0.05) is 52.2 Å². The molecule has 0 heterocycles. The van der Waals surface area contributed by atoms with Crippen molar-refractivity contribution in [1.29, 1.82) is 0 Å². The number of para-hydroxylation sites is 1. The number of benzene rings is 1. The maximum Gasteiger partial charge on any atom is 0.298 e. The van der Waals surface area contributed by atoms with Crippen LogP contribution in [0.5, 0.6) is 5.75 Å². The Kier molecular flexibility index (Phi) is 13.3. The second kappa shape index (κ2) is 13.9. The van der Waals surface area contributed by atoms with E-state index in [4.69, 9.17) is 9.66 Å². The van der Waals surface area contributed by atoms with E-state index in [0.717, 1.165) is 12.1 Å². The van der Waals surface area contributed by atoms with Crippen molar-refractivity contribution in [1.82, 2.24) is 9.80 Å². The normalized spacial score (nSPS) is 15.0. The van der Waals surface area contributed by atoms with Gasteiger partial charge in [-0.3, -0.25) is 4.55 Å². The van der Waals surface area contributed by atoms with Gasteiger partial charge in [0.15, 0.2) is 0 Å². The number of aromatic hydroxyl groups is 1. The highest BCUT2D eigenvalue weighted by Crippen LogP contribution is 2.20. The Balaban J connectivity index is 0.000000387. The minimum absolute atomic E-state index is 0.449. The molecule has 0 aromatic heterocycles. The molecule has 27 heavy (non-hydrogen) atoms. The Morgan fingerprint density at radius 3 is 1.70 bits per heavy atom. The number of rotatable bonds is 5. The highest BCUT2D eigenvalue weighted by atomic mass is 32.2. The van der Waals surface area contributed by atoms with Crippen LogP contribution < -0.4 is 0 Å². The number of hydrogen-bond acceptors (Lipinski definition) is 5. The van der Waals surface area contributed by atoms with Crippen molar-refractivity contribution < 1.29 is 18.1 Å². The van der Waals surface area contributed by atoms with Crippen LogP contribution in [0.15, 0.2) is 29.2 Å². The SMILES string of the molecule is CCN(CC)CC.CN(C)C1CCCCC1.O=S(=O)(O)c1ccccc1O. The summed E-state index contributed by atoms with van der Waals surface area (Å²) < 4.78 is 29.4. The lowest BCUT2D eigenvalue weighted by Crippen LogP contribution is -2.29. The highest BCUT2D eigenvalue weighted by molar-refractivity contribution is 7.86. The van der Waals surface area contributed by atoms with Crippen molar-refractivity contribution >= 4 is 10.1 Å². The third-order valence-corrected chi connectivity index (χ3v) is 5.69. The van der Waals surface area contributed by atoms with E-state index in [2.05, 4.69) is 44.7 Å². The summed E-state index contributed by atoms with van der Waals surface area (Å²) in [7, 11) is 0.0974. The fraction of sp³-hybridized carbons (Fsp3) is 0.700.